The van der Waals surface area contributed by atoms with Gasteiger partial charge in [0.15, 0.2) is 0 Å². The van der Waals surface area contributed by atoms with Crippen LogP contribution < -0.4 is 0 Å². The Kier molecular flexibility index (Phi) is 7.12. The number of hydrogen-bond donors (Lipinski definition) is 0. The number of sulfonamides is 1. The van der Waals surface area contributed by atoms with Gasteiger partial charge in [-0.1, -0.05) is 46.9 Å². The van der Waals surface area contributed by atoms with Crippen LogP contribution >= 0.6 is 34.8 Å². The lowest BCUT2D eigenvalue weighted by molar-refractivity contribution is -0.148. The zero-order valence-electron chi connectivity index (χ0n) is 19.3. The predicted molar refractivity (Wildman–Crippen MR) is 136 cm³/mol. The highest BCUT2D eigenvalue weighted by atomic mass is 35.5. The minimum absolute atomic E-state index is 0.0186. The molecule has 4 rings (SSSR count). The van der Waals surface area contributed by atoms with Crippen molar-refractivity contribution < 1.29 is 18.0 Å². The van der Waals surface area contributed by atoms with Crippen molar-refractivity contribution in [2.75, 3.05) is 6.54 Å². The zero-order valence-corrected chi connectivity index (χ0v) is 22.4. The summed E-state index contributed by atoms with van der Waals surface area (Å²) in [4.78, 5) is 29.2. The fourth-order valence-electron chi connectivity index (χ4n) is 4.23. The molecule has 2 heterocycles. The van der Waals surface area contributed by atoms with Gasteiger partial charge in [-0.2, -0.15) is 0 Å². The highest BCUT2D eigenvalue weighted by Crippen LogP contribution is 2.37. The highest BCUT2D eigenvalue weighted by molar-refractivity contribution is 7.89. The lowest BCUT2D eigenvalue weighted by Gasteiger charge is -2.47. The third kappa shape index (κ3) is 4.77. The summed E-state index contributed by atoms with van der Waals surface area (Å²) in [6.07, 6.45) is 1.57. The number of benzene rings is 2. The number of amides is 2. The molecule has 2 aliphatic rings. The molecular formula is C24H24Cl3N3O4S. The van der Waals surface area contributed by atoms with Crippen molar-refractivity contribution in [1.29, 1.82) is 0 Å². The van der Waals surface area contributed by atoms with Gasteiger partial charge in [0, 0.05) is 41.7 Å². The summed E-state index contributed by atoms with van der Waals surface area (Å²) >= 11 is 18.4. The number of hydrogen-bond acceptors (Lipinski definition) is 4. The monoisotopic (exact) mass is 555 g/mol. The van der Waals surface area contributed by atoms with E-state index in [1.54, 1.807) is 31.2 Å². The summed E-state index contributed by atoms with van der Waals surface area (Å²) in [7, 11) is -4.17. The molecule has 0 N–H and O–H groups in total. The van der Waals surface area contributed by atoms with Gasteiger partial charge in [0.25, 0.3) is 10.0 Å². The number of carbonyl (C=O) groups is 2. The van der Waals surface area contributed by atoms with Crippen LogP contribution in [0.4, 0.5) is 0 Å². The van der Waals surface area contributed by atoms with Crippen molar-refractivity contribution in [2.45, 2.75) is 50.6 Å². The van der Waals surface area contributed by atoms with Crippen molar-refractivity contribution in [3.63, 3.8) is 0 Å². The molecule has 1 saturated heterocycles. The van der Waals surface area contributed by atoms with Crippen molar-refractivity contribution >= 4 is 56.6 Å². The Morgan fingerprint density at radius 3 is 2.31 bits per heavy atom. The van der Waals surface area contributed by atoms with Gasteiger partial charge in [-0.3, -0.25) is 14.5 Å². The third-order valence-electron chi connectivity index (χ3n) is 6.09. The first-order valence-corrected chi connectivity index (χ1v) is 13.6. The first-order valence-electron chi connectivity index (χ1n) is 11.0. The Morgan fingerprint density at radius 1 is 1.03 bits per heavy atom. The van der Waals surface area contributed by atoms with Crippen molar-refractivity contribution in [3.05, 3.63) is 74.6 Å². The molecule has 0 aromatic heterocycles. The number of fused-ring (bicyclic) bond motifs is 1. The normalized spacial score (nSPS) is 18.8. The lowest BCUT2D eigenvalue weighted by Crippen LogP contribution is -2.61. The van der Waals surface area contributed by atoms with Crippen LogP contribution in [0.1, 0.15) is 31.4 Å². The van der Waals surface area contributed by atoms with Crippen LogP contribution in [0.15, 0.2) is 53.3 Å². The van der Waals surface area contributed by atoms with Crippen LogP contribution in [0.3, 0.4) is 0 Å². The van der Waals surface area contributed by atoms with Gasteiger partial charge in [-0.05, 0) is 56.2 Å². The average Bonchev–Trinajstić information content (AvgIpc) is 2.79. The van der Waals surface area contributed by atoms with Crippen molar-refractivity contribution in [2.24, 2.45) is 0 Å². The van der Waals surface area contributed by atoms with Crippen LogP contribution in [0, 0.1) is 6.92 Å². The molecule has 186 valence electrons. The molecule has 2 amide bonds. The van der Waals surface area contributed by atoms with E-state index in [4.69, 9.17) is 34.8 Å². The Hall–Kier alpha value is -2.26. The molecule has 2 aromatic rings. The smallest absolute Gasteiger partial charge is 0.266 e. The van der Waals surface area contributed by atoms with E-state index in [1.165, 1.54) is 28.1 Å². The fourth-order valence-corrected chi connectivity index (χ4v) is 6.61. The number of nitrogens with zero attached hydrogens (tertiary/aromatic N) is 3. The molecule has 11 heteroatoms. The van der Waals surface area contributed by atoms with Crippen LogP contribution in [-0.4, -0.2) is 53.0 Å². The third-order valence-corrected chi connectivity index (χ3v) is 9.01. The SMILES string of the molecule is Cc1cc(S(=O)(=O)N2CCC(=O)N3C2=CN(C(C)C)C(=O)C3Cc2ccc(Cl)cc2)c(Cl)cc1Cl. The van der Waals surface area contributed by atoms with Crippen LogP contribution in [-0.2, 0) is 26.0 Å². The van der Waals surface area contributed by atoms with E-state index in [2.05, 4.69) is 0 Å². The zero-order chi connectivity index (χ0) is 25.7. The highest BCUT2D eigenvalue weighted by Gasteiger charge is 2.47. The van der Waals surface area contributed by atoms with Crippen LogP contribution in [0.25, 0.3) is 0 Å². The molecule has 1 fully saturated rings. The van der Waals surface area contributed by atoms with Gasteiger partial charge in [0.1, 0.15) is 16.8 Å². The maximum atomic E-state index is 13.8. The van der Waals surface area contributed by atoms with Crippen molar-refractivity contribution in [3.8, 4) is 0 Å². The molecule has 0 bridgehead atoms. The van der Waals surface area contributed by atoms with E-state index >= 15 is 0 Å². The Morgan fingerprint density at radius 2 is 1.69 bits per heavy atom. The van der Waals surface area contributed by atoms with Gasteiger partial charge < -0.3 is 4.90 Å². The first-order chi connectivity index (χ1) is 16.4. The molecule has 35 heavy (non-hydrogen) atoms. The molecule has 0 spiro atoms. The Balaban J connectivity index is 1.82. The molecule has 0 aliphatic carbocycles. The summed E-state index contributed by atoms with van der Waals surface area (Å²) in [6, 6.07) is 8.63. The molecular weight excluding hydrogens is 533 g/mol. The van der Waals surface area contributed by atoms with Gasteiger partial charge in [0.05, 0.1) is 5.02 Å². The van der Waals surface area contributed by atoms with E-state index in [0.29, 0.717) is 15.6 Å². The molecule has 0 saturated carbocycles. The molecule has 1 unspecified atom stereocenters. The van der Waals surface area contributed by atoms with Crippen LogP contribution in [0.2, 0.25) is 15.1 Å². The molecule has 2 aromatic carbocycles. The maximum Gasteiger partial charge on any atom is 0.266 e. The summed E-state index contributed by atoms with van der Waals surface area (Å²) in [5.41, 5.74) is 1.35. The minimum Gasteiger partial charge on any atom is -0.311 e. The molecule has 2 aliphatic heterocycles. The topological polar surface area (TPSA) is 78.0 Å². The Labute approximate surface area is 219 Å². The second-order valence-electron chi connectivity index (χ2n) is 8.80. The van der Waals surface area contributed by atoms with Gasteiger partial charge in [0.2, 0.25) is 11.8 Å². The molecule has 7 nitrogen and oxygen atoms in total. The lowest BCUT2D eigenvalue weighted by atomic mass is 10.00. The summed E-state index contributed by atoms with van der Waals surface area (Å²) in [5.74, 6) is -0.486. The Bertz CT molecular complexity index is 1330. The number of aryl methyl sites for hydroxylation is 1. The van der Waals surface area contributed by atoms with Gasteiger partial charge in [-0.15, -0.1) is 0 Å². The van der Waals surface area contributed by atoms with E-state index in [0.717, 1.165) is 9.87 Å². The van der Waals surface area contributed by atoms with Gasteiger partial charge in [-0.25, -0.2) is 12.7 Å². The van der Waals surface area contributed by atoms with Gasteiger partial charge >= 0.3 is 0 Å². The second kappa shape index (κ2) is 9.65. The van der Waals surface area contributed by atoms with E-state index in [1.807, 2.05) is 13.8 Å². The summed E-state index contributed by atoms with van der Waals surface area (Å²) < 4.78 is 28.7. The van der Waals surface area contributed by atoms with E-state index in [-0.39, 0.29) is 53.0 Å². The standard InChI is InChI=1S/C24H24Cl3N3O4S/c1-14(2)28-13-22-29(35(33,34)21-10-15(3)18(26)12-19(21)27)9-8-23(31)30(22)20(24(28)32)11-16-4-6-17(25)7-5-16/h4-7,10,12-14,20H,8-9,11H2,1-3H3. The molecule has 0 radical (unpaired) electrons. The average molecular weight is 557 g/mol. The minimum atomic E-state index is -4.17. The molecule has 1 atom stereocenters. The number of carbonyl (C=O) groups excluding carboxylic acids is 2. The van der Waals surface area contributed by atoms with E-state index < -0.39 is 16.1 Å². The first kappa shape index (κ1) is 25.8. The largest absolute Gasteiger partial charge is 0.311 e. The summed E-state index contributed by atoms with van der Waals surface area (Å²) in [6.45, 7) is 5.26. The maximum absolute atomic E-state index is 13.8. The second-order valence-corrected chi connectivity index (χ2v) is 11.9. The predicted octanol–water partition coefficient (Wildman–Crippen LogP) is 4.84. The quantitative estimate of drug-likeness (QED) is 0.528. The fraction of sp³-hybridized carbons (Fsp3) is 0.333. The number of halogens is 3. The van der Waals surface area contributed by atoms with E-state index in [9.17, 15) is 18.0 Å². The summed E-state index contributed by atoms with van der Waals surface area (Å²) in [5, 5.41) is 0.880. The van der Waals surface area contributed by atoms with Crippen LogP contribution in [0.5, 0.6) is 0 Å². The van der Waals surface area contributed by atoms with Crippen molar-refractivity contribution in [1.82, 2.24) is 14.1 Å². The number of rotatable bonds is 5.